The van der Waals surface area contributed by atoms with Crippen molar-refractivity contribution in [3.05, 3.63) is 101 Å². The van der Waals surface area contributed by atoms with Gasteiger partial charge in [0, 0.05) is 19.0 Å². The zero-order valence-electron chi connectivity index (χ0n) is 21.6. The van der Waals surface area contributed by atoms with E-state index in [-0.39, 0.29) is 30.6 Å². The molecule has 1 heterocycles. The summed E-state index contributed by atoms with van der Waals surface area (Å²) in [6.07, 6.45) is -0.857. The Morgan fingerprint density at radius 3 is 2.23 bits per heavy atom. The number of fused-ring (bicyclic) bond motifs is 3. The predicted molar refractivity (Wildman–Crippen MR) is 145 cm³/mol. The summed E-state index contributed by atoms with van der Waals surface area (Å²) in [7, 11) is 1.75. The van der Waals surface area contributed by atoms with E-state index < -0.39 is 24.0 Å². The minimum Gasteiger partial charge on any atom is -0.480 e. The van der Waals surface area contributed by atoms with Crippen LogP contribution in [0.2, 0.25) is 0 Å². The average molecular weight is 542 g/mol. The third-order valence-corrected chi connectivity index (χ3v) is 6.66. The maximum atomic E-state index is 12.9. The lowest BCUT2D eigenvalue weighted by Crippen LogP contribution is -2.47. The van der Waals surface area contributed by atoms with Gasteiger partial charge in [-0.1, -0.05) is 78.9 Å². The first-order chi connectivity index (χ1) is 19.4. The second-order valence-corrected chi connectivity index (χ2v) is 9.46. The van der Waals surface area contributed by atoms with Crippen molar-refractivity contribution in [1.82, 2.24) is 20.5 Å². The van der Waals surface area contributed by atoms with E-state index in [4.69, 9.17) is 4.74 Å². The normalized spacial score (nSPS) is 12.8. The van der Waals surface area contributed by atoms with Crippen LogP contribution in [-0.2, 0) is 16.1 Å². The van der Waals surface area contributed by atoms with Gasteiger partial charge in [-0.05, 0) is 45.2 Å². The number of rotatable bonds is 10. The molecule has 40 heavy (non-hydrogen) atoms. The smallest absolute Gasteiger partial charge is 0.412 e. The van der Waals surface area contributed by atoms with Crippen molar-refractivity contribution in [2.45, 2.75) is 18.5 Å². The number of nitrogens with one attached hydrogen (secondary N) is 2. The lowest BCUT2D eigenvalue weighted by atomic mass is 9.98. The van der Waals surface area contributed by atoms with Crippen LogP contribution in [0.3, 0.4) is 0 Å². The van der Waals surface area contributed by atoms with Crippen LogP contribution < -0.4 is 10.6 Å². The first-order valence-corrected chi connectivity index (χ1v) is 12.6. The summed E-state index contributed by atoms with van der Waals surface area (Å²) >= 11 is 0. The lowest BCUT2D eigenvalue weighted by Gasteiger charge is -2.22. The molecule has 1 aliphatic carbocycles. The van der Waals surface area contributed by atoms with Gasteiger partial charge in [0.05, 0.1) is 0 Å². The Hall–Kier alpha value is -5.03. The number of benzene rings is 3. The van der Waals surface area contributed by atoms with Crippen LogP contribution in [0.15, 0.2) is 83.5 Å². The summed E-state index contributed by atoms with van der Waals surface area (Å²) < 4.78 is 10.1. The van der Waals surface area contributed by atoms with E-state index in [1.54, 1.807) is 11.9 Å². The number of carbonyl (C=O) groups is 3. The predicted octanol–water partition coefficient (Wildman–Crippen LogP) is 3.75. The molecule has 0 saturated carbocycles. The number of aromatic nitrogens is 2. The molecule has 1 unspecified atom stereocenters. The minimum atomic E-state index is -1.25. The molecule has 5 rings (SSSR count). The Morgan fingerprint density at radius 2 is 1.57 bits per heavy atom. The molecule has 0 radical (unpaired) electrons. The number of anilines is 1. The van der Waals surface area contributed by atoms with Crippen LogP contribution >= 0.6 is 0 Å². The molecule has 11 nitrogen and oxygen atoms in total. The van der Waals surface area contributed by atoms with Crippen LogP contribution in [0.25, 0.3) is 11.1 Å². The first kappa shape index (κ1) is 26.6. The Balaban J connectivity index is 1.19. The van der Waals surface area contributed by atoms with E-state index in [2.05, 4.69) is 25.6 Å². The first-order valence-electron chi connectivity index (χ1n) is 12.6. The molecule has 0 saturated heterocycles. The molecule has 0 aliphatic heterocycles. The van der Waals surface area contributed by atoms with Crippen LogP contribution in [0.4, 0.5) is 10.6 Å². The largest absolute Gasteiger partial charge is 0.480 e. The number of carbonyl (C=O) groups excluding carboxylic acids is 2. The van der Waals surface area contributed by atoms with Gasteiger partial charge in [-0.3, -0.25) is 15.0 Å². The number of ether oxygens (including phenoxy) is 1. The number of hydrogen-bond acceptors (Lipinski definition) is 8. The van der Waals surface area contributed by atoms with Crippen LogP contribution in [0.1, 0.15) is 33.1 Å². The Kier molecular flexibility index (Phi) is 7.83. The summed E-state index contributed by atoms with van der Waals surface area (Å²) in [5, 5.41) is 21.6. The van der Waals surface area contributed by atoms with E-state index in [1.165, 1.54) is 0 Å². The number of carboxylic acids is 1. The third-order valence-electron chi connectivity index (χ3n) is 6.66. The van der Waals surface area contributed by atoms with Gasteiger partial charge in [0.15, 0.2) is 0 Å². The van der Waals surface area contributed by atoms with E-state index in [9.17, 15) is 19.5 Å². The zero-order valence-corrected chi connectivity index (χ0v) is 21.6. The molecule has 1 aromatic heterocycles. The quantitative estimate of drug-likeness (QED) is 0.273. The van der Waals surface area contributed by atoms with Crippen molar-refractivity contribution in [2.75, 3.05) is 25.5 Å². The third kappa shape index (κ3) is 5.84. The molecular formula is C29H27N5O6. The summed E-state index contributed by atoms with van der Waals surface area (Å²) in [5.74, 6) is -2.52. The molecule has 3 N–H and O–H groups in total. The van der Waals surface area contributed by atoms with Gasteiger partial charge >= 0.3 is 12.1 Å². The van der Waals surface area contributed by atoms with Gasteiger partial charge in [-0.2, -0.15) is 0 Å². The lowest BCUT2D eigenvalue weighted by molar-refractivity contribution is -0.139. The molecule has 4 aromatic rings. The SMILES string of the molecule is CN(Cc1ccccc1)CC(NC(=O)c1nonc1NC(=O)OCC1c2ccccc2-c2ccccc21)C(=O)O. The molecule has 2 amide bonds. The molecule has 0 bridgehead atoms. The van der Waals surface area contributed by atoms with Crippen LogP contribution in [0, 0.1) is 0 Å². The topological polar surface area (TPSA) is 147 Å². The van der Waals surface area contributed by atoms with Gasteiger partial charge in [0.2, 0.25) is 11.5 Å². The molecule has 3 aromatic carbocycles. The number of aliphatic carboxylic acids is 1. The number of hydrogen-bond donors (Lipinski definition) is 3. The Labute approximate surface area is 229 Å². The molecule has 1 aliphatic rings. The number of nitrogens with zero attached hydrogens (tertiary/aromatic N) is 3. The van der Waals surface area contributed by atoms with Crippen LogP contribution in [-0.4, -0.2) is 64.5 Å². The summed E-state index contributed by atoms with van der Waals surface area (Å²) in [6, 6.07) is 24.1. The highest BCUT2D eigenvalue weighted by molar-refractivity contribution is 6.01. The summed E-state index contributed by atoms with van der Waals surface area (Å²) in [6.45, 7) is 0.568. The summed E-state index contributed by atoms with van der Waals surface area (Å²) in [4.78, 5) is 39.1. The van der Waals surface area contributed by atoms with Gasteiger partial charge in [0.25, 0.3) is 5.91 Å². The van der Waals surface area contributed by atoms with E-state index >= 15 is 0 Å². The fourth-order valence-electron chi connectivity index (χ4n) is 4.83. The highest BCUT2D eigenvalue weighted by atomic mass is 16.6. The number of carboxylic acid groups (broad SMARTS) is 1. The summed E-state index contributed by atoms with van der Waals surface area (Å²) in [5.41, 5.74) is 4.91. The second-order valence-electron chi connectivity index (χ2n) is 9.46. The maximum Gasteiger partial charge on any atom is 0.412 e. The minimum absolute atomic E-state index is 0.0242. The highest BCUT2D eigenvalue weighted by Crippen LogP contribution is 2.44. The van der Waals surface area contributed by atoms with E-state index in [0.717, 1.165) is 27.8 Å². The van der Waals surface area contributed by atoms with Gasteiger partial charge < -0.3 is 15.2 Å². The zero-order chi connectivity index (χ0) is 28.1. The molecule has 0 spiro atoms. The van der Waals surface area contributed by atoms with Crippen molar-refractivity contribution >= 4 is 23.8 Å². The average Bonchev–Trinajstić information content (AvgIpc) is 3.54. The molecule has 0 fully saturated rings. The van der Waals surface area contributed by atoms with Crippen molar-refractivity contribution in [2.24, 2.45) is 0 Å². The molecule has 11 heteroatoms. The van der Waals surface area contributed by atoms with Gasteiger partial charge in [0.1, 0.15) is 12.6 Å². The molecule has 204 valence electrons. The second kappa shape index (κ2) is 11.8. The van der Waals surface area contributed by atoms with Crippen molar-refractivity contribution in [3.63, 3.8) is 0 Å². The van der Waals surface area contributed by atoms with Crippen molar-refractivity contribution in [1.29, 1.82) is 0 Å². The van der Waals surface area contributed by atoms with Gasteiger partial charge in [-0.25, -0.2) is 14.2 Å². The van der Waals surface area contributed by atoms with E-state index in [0.29, 0.717) is 6.54 Å². The van der Waals surface area contributed by atoms with E-state index in [1.807, 2.05) is 78.9 Å². The van der Waals surface area contributed by atoms with Gasteiger partial charge in [-0.15, -0.1) is 0 Å². The fraction of sp³-hybridized carbons (Fsp3) is 0.207. The standard InChI is InChI=1S/C29H27N5O6/c1-34(15-18-9-3-2-4-10-18)16-24(28(36)37)30-27(35)25-26(33-40-32-25)31-29(38)39-17-23-21-13-7-5-11-19(21)20-12-6-8-14-22(20)23/h2-14,23-24H,15-17H2,1H3,(H,30,35)(H,36,37)(H,31,33,38). The number of likely N-dealkylation sites (N-methyl/N-ethyl adjacent to an activating group) is 1. The Morgan fingerprint density at radius 1 is 0.950 bits per heavy atom. The number of amides is 2. The monoisotopic (exact) mass is 541 g/mol. The highest BCUT2D eigenvalue weighted by Gasteiger charge is 2.30. The molecular weight excluding hydrogens is 514 g/mol. The maximum absolute atomic E-state index is 12.9. The Bertz CT molecular complexity index is 1480. The van der Waals surface area contributed by atoms with Crippen molar-refractivity contribution < 1.29 is 28.9 Å². The van der Waals surface area contributed by atoms with Crippen molar-refractivity contribution in [3.8, 4) is 11.1 Å². The fourth-order valence-corrected chi connectivity index (χ4v) is 4.83. The molecule has 1 atom stereocenters. The van der Waals surface area contributed by atoms with Crippen LogP contribution in [0.5, 0.6) is 0 Å².